The van der Waals surface area contributed by atoms with E-state index in [-0.39, 0.29) is 11.8 Å². The van der Waals surface area contributed by atoms with Crippen molar-refractivity contribution in [1.82, 2.24) is 14.9 Å². The minimum absolute atomic E-state index is 0.175. The van der Waals surface area contributed by atoms with Crippen molar-refractivity contribution in [2.45, 2.75) is 31.8 Å². The van der Waals surface area contributed by atoms with Gasteiger partial charge in [0.05, 0.1) is 6.20 Å². The number of rotatable bonds is 6. The van der Waals surface area contributed by atoms with Gasteiger partial charge < -0.3 is 5.32 Å². The Labute approximate surface area is 106 Å². The zero-order valence-corrected chi connectivity index (χ0v) is 10.7. The number of hydrogen-bond donors (Lipinski definition) is 3. The van der Waals surface area contributed by atoms with E-state index in [1.807, 2.05) is 0 Å². The molecule has 4 N–H and O–H groups in total. The van der Waals surface area contributed by atoms with Gasteiger partial charge in [-0.1, -0.05) is 0 Å². The number of anilines is 2. The molecule has 1 saturated carbocycles. The summed E-state index contributed by atoms with van der Waals surface area (Å²) in [6.45, 7) is 2.73. The second-order valence-corrected chi connectivity index (χ2v) is 4.66. The van der Waals surface area contributed by atoms with E-state index in [2.05, 4.69) is 39.6 Å². The molecule has 1 unspecified atom stereocenters. The summed E-state index contributed by atoms with van der Waals surface area (Å²) in [4.78, 5) is 9.92. The quantitative estimate of drug-likeness (QED) is 0.514. The van der Waals surface area contributed by atoms with Crippen LogP contribution < -0.4 is 16.6 Å². The standard InChI is InChI=1S/C11H19FN6/c1-7(18(2)8-3-4-8)5-14-10-9(12)6-15-11(16-10)17-13/h6-8H,3-5,13H2,1-2H3,(H2,14,15,16,17). The van der Waals surface area contributed by atoms with Gasteiger partial charge in [-0.05, 0) is 26.8 Å². The van der Waals surface area contributed by atoms with Crippen LogP contribution in [0.15, 0.2) is 6.20 Å². The van der Waals surface area contributed by atoms with Crippen LogP contribution in [0.4, 0.5) is 16.2 Å². The van der Waals surface area contributed by atoms with Crippen molar-refractivity contribution in [1.29, 1.82) is 0 Å². The average Bonchev–Trinajstić information content (AvgIpc) is 3.20. The Hall–Kier alpha value is -1.47. The van der Waals surface area contributed by atoms with Crippen LogP contribution in [0.25, 0.3) is 0 Å². The Morgan fingerprint density at radius 1 is 1.61 bits per heavy atom. The highest BCUT2D eigenvalue weighted by molar-refractivity contribution is 5.40. The lowest BCUT2D eigenvalue weighted by Gasteiger charge is -2.24. The second-order valence-electron chi connectivity index (χ2n) is 4.66. The van der Waals surface area contributed by atoms with Gasteiger partial charge in [-0.3, -0.25) is 10.3 Å². The summed E-state index contributed by atoms with van der Waals surface area (Å²) < 4.78 is 13.5. The molecule has 0 radical (unpaired) electrons. The SMILES string of the molecule is CC(CNc1nc(NN)ncc1F)N(C)C1CC1. The first kappa shape index (κ1) is 13.0. The molecule has 0 aromatic carbocycles. The summed E-state index contributed by atoms with van der Waals surface area (Å²) in [5.74, 6) is 5.08. The van der Waals surface area contributed by atoms with E-state index >= 15 is 0 Å². The molecule has 1 aromatic rings. The summed E-state index contributed by atoms with van der Waals surface area (Å²) in [5, 5.41) is 2.99. The summed E-state index contributed by atoms with van der Waals surface area (Å²) in [6, 6.07) is 1.000. The van der Waals surface area contributed by atoms with Crippen LogP contribution in [0.1, 0.15) is 19.8 Å². The summed E-state index contributed by atoms with van der Waals surface area (Å²) in [6.07, 6.45) is 3.60. The summed E-state index contributed by atoms with van der Waals surface area (Å²) in [7, 11) is 2.09. The fourth-order valence-corrected chi connectivity index (χ4v) is 1.79. The monoisotopic (exact) mass is 254 g/mol. The van der Waals surface area contributed by atoms with Crippen molar-refractivity contribution in [2.24, 2.45) is 5.84 Å². The van der Waals surface area contributed by atoms with Gasteiger partial charge in [0.1, 0.15) is 0 Å². The minimum Gasteiger partial charge on any atom is -0.366 e. The number of nitrogens with one attached hydrogen (secondary N) is 2. The smallest absolute Gasteiger partial charge is 0.239 e. The van der Waals surface area contributed by atoms with Gasteiger partial charge in [0.15, 0.2) is 11.6 Å². The number of likely N-dealkylation sites (N-methyl/N-ethyl adjacent to an activating group) is 1. The molecule has 1 aliphatic carbocycles. The maximum Gasteiger partial charge on any atom is 0.239 e. The predicted octanol–water partition coefficient (Wildman–Crippen LogP) is 0.796. The largest absolute Gasteiger partial charge is 0.366 e. The van der Waals surface area contributed by atoms with Crippen LogP contribution in [0, 0.1) is 5.82 Å². The highest BCUT2D eigenvalue weighted by atomic mass is 19.1. The van der Waals surface area contributed by atoms with Crippen molar-refractivity contribution in [2.75, 3.05) is 24.3 Å². The second kappa shape index (κ2) is 5.45. The van der Waals surface area contributed by atoms with E-state index in [1.165, 1.54) is 12.8 Å². The lowest BCUT2D eigenvalue weighted by Crippen LogP contribution is -2.36. The molecule has 18 heavy (non-hydrogen) atoms. The van der Waals surface area contributed by atoms with Crippen molar-refractivity contribution in [3.63, 3.8) is 0 Å². The number of hydrogen-bond acceptors (Lipinski definition) is 6. The Bertz CT molecular complexity index is 409. The van der Waals surface area contributed by atoms with Gasteiger partial charge in [0.2, 0.25) is 5.95 Å². The molecule has 0 bridgehead atoms. The highest BCUT2D eigenvalue weighted by Gasteiger charge is 2.29. The van der Waals surface area contributed by atoms with Crippen LogP contribution in [0.5, 0.6) is 0 Å². The Balaban J connectivity index is 1.92. The van der Waals surface area contributed by atoms with Crippen molar-refractivity contribution >= 4 is 11.8 Å². The lowest BCUT2D eigenvalue weighted by atomic mass is 10.3. The molecule has 1 atom stereocenters. The molecule has 0 saturated heterocycles. The molecule has 100 valence electrons. The Morgan fingerprint density at radius 3 is 2.94 bits per heavy atom. The van der Waals surface area contributed by atoms with Crippen LogP contribution in [-0.4, -0.2) is 40.5 Å². The topological polar surface area (TPSA) is 79.1 Å². The van der Waals surface area contributed by atoms with Gasteiger partial charge in [0.25, 0.3) is 0 Å². The lowest BCUT2D eigenvalue weighted by molar-refractivity contribution is 0.257. The van der Waals surface area contributed by atoms with Gasteiger partial charge >= 0.3 is 0 Å². The predicted molar refractivity (Wildman–Crippen MR) is 68.5 cm³/mol. The number of nitrogen functional groups attached to an aromatic ring is 1. The molecule has 0 aliphatic heterocycles. The molecular weight excluding hydrogens is 235 g/mol. The van der Waals surface area contributed by atoms with Gasteiger partial charge in [-0.2, -0.15) is 4.98 Å². The molecule has 1 heterocycles. The summed E-state index contributed by atoms with van der Waals surface area (Å²) >= 11 is 0. The number of halogens is 1. The van der Waals surface area contributed by atoms with Crippen LogP contribution in [0.3, 0.4) is 0 Å². The van der Waals surface area contributed by atoms with Crippen molar-refractivity contribution in [3.8, 4) is 0 Å². The normalized spacial score (nSPS) is 16.7. The average molecular weight is 254 g/mol. The summed E-state index contributed by atoms with van der Waals surface area (Å²) in [5.41, 5.74) is 2.29. The van der Waals surface area contributed by atoms with E-state index in [0.717, 1.165) is 6.20 Å². The zero-order valence-electron chi connectivity index (χ0n) is 10.7. The molecule has 0 spiro atoms. The fourth-order valence-electron chi connectivity index (χ4n) is 1.79. The molecular formula is C11H19FN6. The van der Waals surface area contributed by atoms with Crippen LogP contribution in [0.2, 0.25) is 0 Å². The van der Waals surface area contributed by atoms with Crippen molar-refractivity contribution in [3.05, 3.63) is 12.0 Å². The number of aromatic nitrogens is 2. The molecule has 1 fully saturated rings. The molecule has 6 nitrogen and oxygen atoms in total. The van der Waals surface area contributed by atoms with Gasteiger partial charge in [-0.25, -0.2) is 15.2 Å². The molecule has 0 amide bonds. The van der Waals surface area contributed by atoms with E-state index in [1.54, 1.807) is 0 Å². The van der Waals surface area contributed by atoms with Crippen LogP contribution >= 0.6 is 0 Å². The van der Waals surface area contributed by atoms with Gasteiger partial charge in [0, 0.05) is 18.6 Å². The first-order chi connectivity index (χ1) is 8.61. The molecule has 7 heteroatoms. The van der Waals surface area contributed by atoms with Crippen LogP contribution in [-0.2, 0) is 0 Å². The molecule has 1 aromatic heterocycles. The third kappa shape index (κ3) is 3.05. The zero-order chi connectivity index (χ0) is 13.1. The van der Waals surface area contributed by atoms with E-state index in [0.29, 0.717) is 18.6 Å². The number of nitrogens with zero attached hydrogens (tertiary/aromatic N) is 3. The maximum atomic E-state index is 13.5. The van der Waals surface area contributed by atoms with E-state index in [9.17, 15) is 4.39 Å². The number of nitrogens with two attached hydrogens (primary N) is 1. The van der Waals surface area contributed by atoms with Gasteiger partial charge in [-0.15, -0.1) is 0 Å². The maximum absolute atomic E-state index is 13.5. The fraction of sp³-hybridized carbons (Fsp3) is 0.636. The van der Waals surface area contributed by atoms with E-state index in [4.69, 9.17) is 5.84 Å². The highest BCUT2D eigenvalue weighted by Crippen LogP contribution is 2.27. The molecule has 2 rings (SSSR count). The third-order valence-corrected chi connectivity index (χ3v) is 3.26. The first-order valence-corrected chi connectivity index (χ1v) is 6.06. The minimum atomic E-state index is -0.477. The first-order valence-electron chi connectivity index (χ1n) is 6.06. The third-order valence-electron chi connectivity index (χ3n) is 3.26. The Morgan fingerprint density at radius 2 is 2.33 bits per heavy atom. The number of hydrazine groups is 1. The molecule has 1 aliphatic rings. The Kier molecular flexibility index (Phi) is 3.93. The van der Waals surface area contributed by atoms with Crippen molar-refractivity contribution < 1.29 is 4.39 Å². The van der Waals surface area contributed by atoms with E-state index < -0.39 is 5.82 Å².